The minimum absolute atomic E-state index is 0.181. The van der Waals surface area contributed by atoms with E-state index in [1.165, 1.54) is 18.0 Å². The Morgan fingerprint density at radius 3 is 2.70 bits per heavy atom. The molecule has 1 amide bonds. The van der Waals surface area contributed by atoms with Crippen molar-refractivity contribution in [3.05, 3.63) is 40.7 Å². The normalized spacial score (nSPS) is 11.1. The first-order valence-corrected chi connectivity index (χ1v) is 6.70. The Balaban J connectivity index is 2.20. The number of nitrogen functional groups attached to an aromatic ring is 1. The summed E-state index contributed by atoms with van der Waals surface area (Å²) in [6.07, 6.45) is 2.31. The molecule has 0 aliphatic rings. The Hall–Kier alpha value is -3.10. The van der Waals surface area contributed by atoms with Crippen LogP contribution in [-0.4, -0.2) is 27.7 Å². The fourth-order valence-electron chi connectivity index (χ4n) is 1.91. The Bertz CT molecular complexity index is 753. The molecule has 0 unspecified atom stereocenters. The quantitative estimate of drug-likeness (QED) is 0.491. The first-order chi connectivity index (χ1) is 10.8. The standard InChI is InChI=1S/C14H17N5O4/c1-14(2,18-8-10(7-16-18)19(21)22)13(20)17-9-4-5-12(23-3)11(15)6-9/h4-8H,15H2,1-3H3,(H,17,20). The van der Waals surface area contributed by atoms with Crippen LogP contribution < -0.4 is 15.8 Å². The number of ether oxygens (including phenoxy) is 1. The highest BCUT2D eigenvalue weighted by Gasteiger charge is 2.32. The lowest BCUT2D eigenvalue weighted by atomic mass is 10.0. The molecule has 0 spiro atoms. The van der Waals surface area contributed by atoms with Crippen LogP contribution in [0, 0.1) is 10.1 Å². The van der Waals surface area contributed by atoms with E-state index in [4.69, 9.17) is 10.5 Å². The molecule has 9 nitrogen and oxygen atoms in total. The highest BCUT2D eigenvalue weighted by molar-refractivity contribution is 5.96. The molecule has 122 valence electrons. The number of nitrogens with zero attached hydrogens (tertiary/aromatic N) is 3. The van der Waals surface area contributed by atoms with Crippen molar-refractivity contribution in [1.29, 1.82) is 0 Å². The third kappa shape index (κ3) is 3.23. The van der Waals surface area contributed by atoms with Crippen molar-refractivity contribution in [2.75, 3.05) is 18.2 Å². The van der Waals surface area contributed by atoms with Crippen LogP contribution in [0.5, 0.6) is 5.75 Å². The van der Waals surface area contributed by atoms with E-state index >= 15 is 0 Å². The van der Waals surface area contributed by atoms with E-state index in [0.717, 1.165) is 6.20 Å². The zero-order valence-corrected chi connectivity index (χ0v) is 12.9. The fourth-order valence-corrected chi connectivity index (χ4v) is 1.91. The number of nitrogens with one attached hydrogen (secondary N) is 1. The second-order valence-electron chi connectivity index (χ2n) is 5.37. The van der Waals surface area contributed by atoms with Crippen molar-refractivity contribution in [3.8, 4) is 5.75 Å². The number of methoxy groups -OCH3 is 1. The average Bonchev–Trinajstić information content (AvgIpc) is 2.98. The number of rotatable bonds is 5. The summed E-state index contributed by atoms with van der Waals surface area (Å²) in [5.41, 5.74) is 5.37. The van der Waals surface area contributed by atoms with E-state index in [9.17, 15) is 14.9 Å². The SMILES string of the molecule is COc1ccc(NC(=O)C(C)(C)n2cc([N+](=O)[O-])cn2)cc1N. The van der Waals surface area contributed by atoms with Gasteiger partial charge in [-0.1, -0.05) is 0 Å². The maximum absolute atomic E-state index is 12.5. The van der Waals surface area contributed by atoms with Crippen LogP contribution in [0.15, 0.2) is 30.6 Å². The molecule has 0 saturated heterocycles. The second kappa shape index (κ2) is 5.95. The average molecular weight is 319 g/mol. The van der Waals surface area contributed by atoms with Gasteiger partial charge in [-0.25, -0.2) is 0 Å². The lowest BCUT2D eigenvalue weighted by Gasteiger charge is -2.24. The van der Waals surface area contributed by atoms with Crippen molar-refractivity contribution in [2.45, 2.75) is 19.4 Å². The van der Waals surface area contributed by atoms with Crippen LogP contribution in [0.3, 0.4) is 0 Å². The van der Waals surface area contributed by atoms with Gasteiger partial charge in [0.05, 0.1) is 17.7 Å². The molecule has 1 aromatic heterocycles. The van der Waals surface area contributed by atoms with Gasteiger partial charge in [-0.05, 0) is 32.0 Å². The van der Waals surface area contributed by atoms with Gasteiger partial charge in [-0.2, -0.15) is 5.10 Å². The third-order valence-electron chi connectivity index (χ3n) is 3.40. The molecule has 9 heteroatoms. The Labute approximate surface area is 132 Å². The summed E-state index contributed by atoms with van der Waals surface area (Å²) >= 11 is 0. The van der Waals surface area contributed by atoms with Gasteiger partial charge in [-0.15, -0.1) is 0 Å². The van der Waals surface area contributed by atoms with E-state index in [1.54, 1.807) is 32.0 Å². The number of carbonyl (C=O) groups is 1. The van der Waals surface area contributed by atoms with E-state index in [2.05, 4.69) is 10.4 Å². The molecule has 0 atom stereocenters. The van der Waals surface area contributed by atoms with Gasteiger partial charge in [-0.3, -0.25) is 19.6 Å². The molecule has 1 heterocycles. The Morgan fingerprint density at radius 1 is 1.48 bits per heavy atom. The number of hydrogen-bond donors (Lipinski definition) is 2. The van der Waals surface area contributed by atoms with Crippen LogP contribution in [0.25, 0.3) is 0 Å². The Kier molecular flexibility index (Phi) is 4.21. The van der Waals surface area contributed by atoms with Crippen molar-refractivity contribution < 1.29 is 14.5 Å². The van der Waals surface area contributed by atoms with Crippen LogP contribution in [0.2, 0.25) is 0 Å². The molecular weight excluding hydrogens is 302 g/mol. The molecular formula is C14H17N5O4. The lowest BCUT2D eigenvalue weighted by molar-refractivity contribution is -0.385. The smallest absolute Gasteiger partial charge is 0.307 e. The summed E-state index contributed by atoms with van der Waals surface area (Å²) in [6.45, 7) is 3.21. The van der Waals surface area contributed by atoms with E-state index in [-0.39, 0.29) is 11.6 Å². The van der Waals surface area contributed by atoms with E-state index < -0.39 is 10.5 Å². The van der Waals surface area contributed by atoms with Gasteiger partial charge in [0.25, 0.3) is 5.91 Å². The minimum Gasteiger partial charge on any atom is -0.495 e. The van der Waals surface area contributed by atoms with Gasteiger partial charge < -0.3 is 15.8 Å². The molecule has 3 N–H and O–H groups in total. The number of benzene rings is 1. The molecule has 2 aromatic rings. The van der Waals surface area contributed by atoms with Crippen molar-refractivity contribution >= 4 is 23.0 Å². The van der Waals surface area contributed by atoms with Gasteiger partial charge in [0.2, 0.25) is 0 Å². The zero-order valence-electron chi connectivity index (χ0n) is 12.9. The predicted molar refractivity (Wildman–Crippen MR) is 84.2 cm³/mol. The van der Waals surface area contributed by atoms with Crippen molar-refractivity contribution in [2.24, 2.45) is 0 Å². The van der Waals surface area contributed by atoms with Gasteiger partial charge in [0.15, 0.2) is 0 Å². The Morgan fingerprint density at radius 2 is 2.17 bits per heavy atom. The highest BCUT2D eigenvalue weighted by atomic mass is 16.6. The second-order valence-corrected chi connectivity index (χ2v) is 5.37. The molecule has 2 rings (SSSR count). The molecule has 0 fully saturated rings. The lowest BCUT2D eigenvalue weighted by Crippen LogP contribution is -2.40. The summed E-state index contributed by atoms with van der Waals surface area (Å²) < 4.78 is 6.29. The number of carbonyl (C=O) groups excluding carboxylic acids is 1. The van der Waals surface area contributed by atoms with Gasteiger partial charge in [0.1, 0.15) is 23.7 Å². The van der Waals surface area contributed by atoms with Crippen molar-refractivity contribution in [3.63, 3.8) is 0 Å². The zero-order chi connectivity index (χ0) is 17.2. The number of hydrogen-bond acceptors (Lipinski definition) is 6. The summed E-state index contributed by atoms with van der Waals surface area (Å²) in [5, 5.41) is 17.3. The number of nitrogens with two attached hydrogens (primary N) is 1. The summed E-state index contributed by atoms with van der Waals surface area (Å²) in [5.74, 6) is 0.116. The van der Waals surface area contributed by atoms with Crippen LogP contribution in [0.4, 0.5) is 17.1 Å². The molecule has 0 radical (unpaired) electrons. The molecule has 0 saturated carbocycles. The third-order valence-corrected chi connectivity index (χ3v) is 3.40. The topological polar surface area (TPSA) is 125 Å². The van der Waals surface area contributed by atoms with Crippen LogP contribution in [0.1, 0.15) is 13.8 Å². The number of aromatic nitrogens is 2. The molecule has 23 heavy (non-hydrogen) atoms. The number of anilines is 2. The largest absolute Gasteiger partial charge is 0.495 e. The molecule has 0 aliphatic heterocycles. The monoisotopic (exact) mass is 319 g/mol. The highest BCUT2D eigenvalue weighted by Crippen LogP contribution is 2.26. The van der Waals surface area contributed by atoms with E-state index in [1.807, 2.05) is 0 Å². The maximum atomic E-state index is 12.5. The first-order valence-electron chi connectivity index (χ1n) is 6.70. The number of amides is 1. The van der Waals surface area contributed by atoms with Crippen molar-refractivity contribution in [1.82, 2.24) is 9.78 Å². The van der Waals surface area contributed by atoms with Crippen LogP contribution >= 0.6 is 0 Å². The van der Waals surface area contributed by atoms with Gasteiger partial charge >= 0.3 is 5.69 Å². The minimum atomic E-state index is -1.12. The fraction of sp³-hybridized carbons (Fsp3) is 0.286. The summed E-state index contributed by atoms with van der Waals surface area (Å²) in [4.78, 5) is 22.6. The molecule has 1 aromatic carbocycles. The molecule has 0 bridgehead atoms. The summed E-state index contributed by atoms with van der Waals surface area (Å²) in [7, 11) is 1.50. The maximum Gasteiger partial charge on any atom is 0.307 e. The molecule has 0 aliphatic carbocycles. The van der Waals surface area contributed by atoms with Gasteiger partial charge in [0, 0.05) is 5.69 Å². The summed E-state index contributed by atoms with van der Waals surface area (Å²) in [6, 6.07) is 4.85. The first kappa shape index (κ1) is 16.3. The van der Waals surface area contributed by atoms with Crippen LogP contribution in [-0.2, 0) is 10.3 Å². The van der Waals surface area contributed by atoms with E-state index in [0.29, 0.717) is 17.1 Å². The number of nitro groups is 1. The predicted octanol–water partition coefficient (Wildman–Crippen LogP) is 1.76.